The van der Waals surface area contributed by atoms with E-state index < -0.39 is 69.5 Å². The minimum absolute atomic E-state index is 0.0175. The molecular formula is C53H58Cl2N10O17S4. The third-order valence-corrected chi connectivity index (χ3v) is 15.3. The van der Waals surface area contributed by atoms with Crippen LogP contribution in [0.2, 0.25) is 10.0 Å². The van der Waals surface area contributed by atoms with Crippen molar-refractivity contribution in [2.24, 2.45) is 40.9 Å². The van der Waals surface area contributed by atoms with E-state index in [1.165, 1.54) is 36.4 Å². The summed E-state index contributed by atoms with van der Waals surface area (Å²) in [6.07, 6.45) is -0.222. The number of amides is 2. The van der Waals surface area contributed by atoms with E-state index in [4.69, 9.17) is 51.3 Å². The van der Waals surface area contributed by atoms with Crippen molar-refractivity contribution >= 4 is 127 Å². The van der Waals surface area contributed by atoms with Crippen LogP contribution in [0.3, 0.4) is 0 Å². The number of ether oxygens (including phenoxy) is 4. The van der Waals surface area contributed by atoms with Crippen LogP contribution in [0.4, 0.5) is 61.7 Å². The molecule has 0 aromatic heterocycles. The summed E-state index contributed by atoms with van der Waals surface area (Å²) in [6, 6.07) is 24.4. The van der Waals surface area contributed by atoms with E-state index in [0.29, 0.717) is 66.4 Å². The number of halogens is 2. The van der Waals surface area contributed by atoms with Crippen molar-refractivity contribution in [3.63, 3.8) is 0 Å². The number of aryl methyl sites for hydroxylation is 4. The lowest BCUT2D eigenvalue weighted by Crippen LogP contribution is -2.21. The van der Waals surface area contributed by atoms with Gasteiger partial charge in [-0.1, -0.05) is 23.2 Å². The summed E-state index contributed by atoms with van der Waals surface area (Å²) in [6.45, 7) is 6.38. The van der Waals surface area contributed by atoms with Gasteiger partial charge in [0.1, 0.15) is 34.4 Å². The Hall–Kier alpha value is -7.59. The van der Waals surface area contributed by atoms with Gasteiger partial charge in [0.05, 0.1) is 94.9 Å². The van der Waals surface area contributed by atoms with Gasteiger partial charge in [-0.15, -0.1) is 10.2 Å². The lowest BCUT2D eigenvalue weighted by atomic mass is 10.1. The van der Waals surface area contributed by atoms with Gasteiger partial charge in [-0.05, 0) is 148 Å². The van der Waals surface area contributed by atoms with Crippen LogP contribution in [-0.2, 0) is 40.5 Å². The second kappa shape index (κ2) is 30.7. The van der Waals surface area contributed by atoms with Crippen molar-refractivity contribution in [3.8, 4) is 23.0 Å². The van der Waals surface area contributed by atoms with Gasteiger partial charge in [-0.25, -0.2) is 4.79 Å². The number of anilines is 2. The Morgan fingerprint density at radius 1 is 0.384 bits per heavy atom. The molecule has 6 aromatic rings. The second-order valence-corrected chi connectivity index (χ2v) is 25.9. The van der Waals surface area contributed by atoms with E-state index in [-0.39, 0.29) is 97.9 Å². The fraction of sp³-hybridized carbons (Fsp3) is 0.302. The molecule has 0 aliphatic rings. The van der Waals surface area contributed by atoms with Gasteiger partial charge in [-0.2, -0.15) is 64.4 Å². The molecule has 0 aliphatic carbocycles. The number of carbonyl (C=O) groups excluding carboxylic acids is 1. The zero-order valence-corrected chi connectivity index (χ0v) is 51.1. The molecule has 2 amide bonds. The van der Waals surface area contributed by atoms with Crippen LogP contribution in [0.25, 0.3) is 0 Å². The first-order valence-electron chi connectivity index (χ1n) is 25.6. The molecule has 0 atom stereocenters. The molecule has 86 heavy (non-hydrogen) atoms. The molecule has 0 spiro atoms. The third-order valence-electron chi connectivity index (χ3n) is 11.6. The first kappa shape index (κ1) is 67.5. The van der Waals surface area contributed by atoms with E-state index in [2.05, 4.69) is 51.5 Å². The Balaban J connectivity index is 1.19. The molecule has 6 rings (SSSR count). The minimum atomic E-state index is -4.33. The van der Waals surface area contributed by atoms with Crippen LogP contribution < -0.4 is 29.6 Å². The first-order chi connectivity index (χ1) is 40.5. The minimum Gasteiger partial charge on any atom is -0.491 e. The molecule has 0 fully saturated rings. The summed E-state index contributed by atoms with van der Waals surface area (Å²) in [5.41, 5.74) is 5.46. The van der Waals surface area contributed by atoms with Crippen LogP contribution in [0, 0.1) is 27.7 Å². The lowest BCUT2D eigenvalue weighted by molar-refractivity contribution is 0.261. The van der Waals surface area contributed by atoms with Crippen LogP contribution in [0.5, 0.6) is 23.0 Å². The molecule has 460 valence electrons. The quantitative estimate of drug-likeness (QED) is 0.0139. The number of nitrogens with one attached hydrogen (secondary N) is 2. The van der Waals surface area contributed by atoms with E-state index in [9.17, 15) is 47.6 Å². The number of carbonyl (C=O) groups is 1. The largest absolute Gasteiger partial charge is 0.491 e. The van der Waals surface area contributed by atoms with E-state index >= 15 is 0 Å². The molecule has 0 heterocycles. The molecule has 0 saturated carbocycles. The average molecular weight is 1310 g/mol. The average Bonchev–Trinajstić information content (AvgIpc) is 1.70. The van der Waals surface area contributed by atoms with E-state index in [0.717, 1.165) is 0 Å². The number of hydrogen-bond donors (Lipinski definition) is 6. The summed E-state index contributed by atoms with van der Waals surface area (Å²) in [5.74, 6) is -1.64. The molecule has 0 bridgehead atoms. The van der Waals surface area contributed by atoms with Crippen LogP contribution in [0.1, 0.15) is 47.9 Å². The van der Waals surface area contributed by atoms with Gasteiger partial charge in [0, 0.05) is 34.3 Å². The summed E-state index contributed by atoms with van der Waals surface area (Å²) in [7, 11) is -17.0. The normalized spacial score (nSPS) is 12.4. The number of urea groups is 1. The molecule has 6 N–H and O–H groups in total. The van der Waals surface area contributed by atoms with Crippen molar-refractivity contribution in [1.82, 2.24) is 0 Å². The number of rotatable bonds is 30. The van der Waals surface area contributed by atoms with Crippen LogP contribution in [-0.4, -0.2) is 107 Å². The van der Waals surface area contributed by atoms with Crippen molar-refractivity contribution in [1.29, 1.82) is 0 Å². The van der Waals surface area contributed by atoms with Gasteiger partial charge in [0.2, 0.25) is 0 Å². The summed E-state index contributed by atoms with van der Waals surface area (Å²) in [4.78, 5) is 13.9. The topological polar surface area (TPSA) is 394 Å². The lowest BCUT2D eigenvalue weighted by Gasteiger charge is -2.17. The highest BCUT2D eigenvalue weighted by Gasteiger charge is 2.18. The van der Waals surface area contributed by atoms with Gasteiger partial charge >= 0.3 is 6.03 Å². The SMILES string of the molecule is Cc1cc(NC(=O)Nc2cc(C)c(N=Nc3ccc(N=Nc4ccc(Cl)cc4OCCCS(=O)(=O)O)c(C)c3)cc2OCCCS(=O)(=O)O)c(OCCCS(=O)(=O)O)cc1N=Nc1ccc(N=Nc2ccc(Cl)cc2OCCCS(=O)(=O)O)c(C)c1. The van der Waals surface area contributed by atoms with Crippen molar-refractivity contribution in [2.75, 3.05) is 60.1 Å². The van der Waals surface area contributed by atoms with Gasteiger partial charge in [0.15, 0.2) is 0 Å². The zero-order chi connectivity index (χ0) is 62.8. The highest BCUT2D eigenvalue weighted by molar-refractivity contribution is 7.86. The molecular weight excluding hydrogens is 1250 g/mol. The summed E-state index contributed by atoms with van der Waals surface area (Å²) < 4.78 is 150. The maximum atomic E-state index is 13.9. The number of hydrogen-bond acceptors (Lipinski definition) is 21. The predicted octanol–water partition coefficient (Wildman–Crippen LogP) is 14.2. The standard InChI is InChI=1S/C53H58Cl2N10O17S4/c1-33-25-39(11-15-41(33)60-62-43-13-9-37(54)29-49(43)79-17-5-21-83(67,68)69)58-64-45-31-51(81-19-7-23-85(73,74)75)47(27-35(45)3)56-53(66)57-48-28-36(4)46(32-52(48)82-20-8-24-86(76,77)78)65-59-40-12-16-42(34(2)26-40)61-63-44-14-10-38(55)30-50(44)80-18-6-22-84(70,71)72/h9-16,25-32H,5-8,17-24H2,1-4H3,(H2,56,57,66)(H,67,68,69)(H,70,71,72)(H,73,74,75)(H,76,77,78). The van der Waals surface area contributed by atoms with E-state index in [1.807, 2.05) is 0 Å². The van der Waals surface area contributed by atoms with Crippen LogP contribution >= 0.6 is 23.2 Å². The van der Waals surface area contributed by atoms with Crippen molar-refractivity contribution < 1.29 is 75.6 Å². The summed E-state index contributed by atoms with van der Waals surface area (Å²) >= 11 is 12.3. The Kier molecular flexibility index (Phi) is 24.1. The Labute approximate surface area is 506 Å². The maximum Gasteiger partial charge on any atom is 0.323 e. The number of azo groups is 4. The highest BCUT2D eigenvalue weighted by atomic mass is 35.5. The summed E-state index contributed by atoms with van der Waals surface area (Å²) in [5, 5.41) is 41.0. The first-order valence-corrected chi connectivity index (χ1v) is 32.8. The number of nitrogens with zero attached hydrogens (tertiary/aromatic N) is 8. The molecule has 6 aromatic carbocycles. The fourth-order valence-electron chi connectivity index (χ4n) is 7.41. The maximum absolute atomic E-state index is 13.9. The Morgan fingerprint density at radius 3 is 1.00 bits per heavy atom. The molecule has 0 radical (unpaired) electrons. The van der Waals surface area contributed by atoms with Crippen molar-refractivity contribution in [3.05, 3.63) is 129 Å². The highest BCUT2D eigenvalue weighted by Crippen LogP contribution is 2.39. The van der Waals surface area contributed by atoms with Crippen LogP contribution in [0.15, 0.2) is 138 Å². The number of benzene rings is 6. The second-order valence-electron chi connectivity index (χ2n) is 18.8. The Bertz CT molecular complexity index is 3790. The monoisotopic (exact) mass is 1300 g/mol. The smallest absolute Gasteiger partial charge is 0.323 e. The Morgan fingerprint density at radius 2 is 0.674 bits per heavy atom. The zero-order valence-electron chi connectivity index (χ0n) is 46.3. The predicted molar refractivity (Wildman–Crippen MR) is 323 cm³/mol. The molecule has 33 heteroatoms. The van der Waals surface area contributed by atoms with Crippen molar-refractivity contribution in [2.45, 2.75) is 53.4 Å². The van der Waals surface area contributed by atoms with Gasteiger partial charge < -0.3 is 29.6 Å². The molecule has 0 saturated heterocycles. The van der Waals surface area contributed by atoms with Gasteiger partial charge in [0.25, 0.3) is 40.5 Å². The third kappa shape index (κ3) is 23.4. The molecule has 0 unspecified atom stereocenters. The molecule has 0 aliphatic heterocycles. The van der Waals surface area contributed by atoms with Gasteiger partial charge in [-0.3, -0.25) is 18.2 Å². The molecule has 27 nitrogen and oxygen atoms in total. The fourth-order valence-corrected chi connectivity index (χ4v) is 9.67. The van der Waals surface area contributed by atoms with E-state index in [1.54, 1.807) is 88.4 Å².